The Labute approximate surface area is 167 Å². The number of hydrogen-bond acceptors (Lipinski definition) is 5. The third kappa shape index (κ3) is 5.61. The zero-order valence-electron chi connectivity index (χ0n) is 16.0. The van der Waals surface area contributed by atoms with Crippen molar-refractivity contribution in [1.29, 1.82) is 0 Å². The molecule has 0 aliphatic rings. The maximum atomic E-state index is 12.9. The van der Waals surface area contributed by atoms with Gasteiger partial charge in [-0.15, -0.1) is 0 Å². The number of carbonyl (C=O) groups excluding carboxylic acids is 2. The summed E-state index contributed by atoms with van der Waals surface area (Å²) in [6, 6.07) is 10.1. The summed E-state index contributed by atoms with van der Waals surface area (Å²) in [7, 11) is 0. The van der Waals surface area contributed by atoms with E-state index in [1.807, 2.05) is 26.0 Å². The fraction of sp³-hybridized carbons (Fsp3) is 0.250. The topological polar surface area (TPSA) is 130 Å². The molecule has 0 spiro atoms. The Bertz CT molecular complexity index is 925. The molecule has 2 aromatic rings. The Morgan fingerprint density at radius 3 is 2.38 bits per heavy atom. The highest BCUT2D eigenvalue weighted by molar-refractivity contribution is 6.01. The van der Waals surface area contributed by atoms with E-state index in [9.17, 15) is 24.5 Å². The molecule has 29 heavy (non-hydrogen) atoms. The molecular weight excluding hydrogens is 378 g/mol. The quantitative estimate of drug-likeness (QED) is 0.518. The van der Waals surface area contributed by atoms with Crippen LogP contribution in [0.2, 0.25) is 0 Å². The van der Waals surface area contributed by atoms with E-state index in [1.54, 1.807) is 12.1 Å². The molecule has 0 atom stereocenters. The number of carboxylic acid groups (broad SMARTS) is 1. The van der Waals surface area contributed by atoms with Crippen LogP contribution < -0.4 is 5.32 Å². The number of nitro groups is 1. The van der Waals surface area contributed by atoms with Gasteiger partial charge < -0.3 is 15.3 Å². The lowest BCUT2D eigenvalue weighted by Crippen LogP contribution is -2.38. The predicted octanol–water partition coefficient (Wildman–Crippen LogP) is 3.09. The number of nitrogens with zero attached hydrogens (tertiary/aromatic N) is 2. The SMILES string of the molecule is CCCN(CC(=O)Nc1ccccc1C)C(=O)c1cc(C(=O)O)cc([N+](=O)[O-])c1. The second kappa shape index (κ2) is 9.45. The van der Waals surface area contributed by atoms with Crippen LogP contribution >= 0.6 is 0 Å². The molecule has 2 aromatic carbocycles. The second-order valence-corrected chi connectivity index (χ2v) is 6.42. The second-order valence-electron chi connectivity index (χ2n) is 6.42. The van der Waals surface area contributed by atoms with Gasteiger partial charge in [-0.2, -0.15) is 0 Å². The third-order valence-corrected chi connectivity index (χ3v) is 4.16. The fourth-order valence-electron chi connectivity index (χ4n) is 2.74. The van der Waals surface area contributed by atoms with Gasteiger partial charge in [0.2, 0.25) is 5.91 Å². The van der Waals surface area contributed by atoms with Crippen molar-refractivity contribution in [1.82, 2.24) is 4.90 Å². The van der Waals surface area contributed by atoms with Gasteiger partial charge in [0.15, 0.2) is 0 Å². The van der Waals surface area contributed by atoms with Gasteiger partial charge >= 0.3 is 5.97 Å². The molecule has 0 saturated heterocycles. The first-order valence-corrected chi connectivity index (χ1v) is 8.90. The summed E-state index contributed by atoms with van der Waals surface area (Å²) < 4.78 is 0. The summed E-state index contributed by atoms with van der Waals surface area (Å²) in [4.78, 5) is 48.1. The number of aryl methyl sites for hydroxylation is 1. The smallest absolute Gasteiger partial charge is 0.335 e. The van der Waals surface area contributed by atoms with E-state index in [2.05, 4.69) is 5.32 Å². The van der Waals surface area contributed by atoms with Crippen LogP contribution in [-0.2, 0) is 4.79 Å². The minimum atomic E-state index is -1.39. The van der Waals surface area contributed by atoms with E-state index in [0.717, 1.165) is 23.8 Å². The molecule has 0 radical (unpaired) electrons. The number of aromatic carboxylic acids is 1. The zero-order chi connectivity index (χ0) is 21.6. The van der Waals surface area contributed by atoms with Crippen LogP contribution in [0.1, 0.15) is 39.6 Å². The number of anilines is 1. The average Bonchev–Trinajstić information content (AvgIpc) is 2.68. The van der Waals surface area contributed by atoms with Gasteiger partial charge in [0.25, 0.3) is 11.6 Å². The van der Waals surface area contributed by atoms with Crippen molar-refractivity contribution >= 4 is 29.2 Å². The van der Waals surface area contributed by atoms with E-state index in [-0.39, 0.29) is 24.2 Å². The van der Waals surface area contributed by atoms with E-state index < -0.39 is 28.4 Å². The van der Waals surface area contributed by atoms with Gasteiger partial charge in [0.05, 0.1) is 10.5 Å². The Kier molecular flexibility index (Phi) is 7.02. The highest BCUT2D eigenvalue weighted by atomic mass is 16.6. The first-order valence-electron chi connectivity index (χ1n) is 8.90. The van der Waals surface area contributed by atoms with Crippen LogP contribution in [0, 0.1) is 17.0 Å². The minimum Gasteiger partial charge on any atom is -0.478 e. The average molecular weight is 399 g/mol. The number of nitro benzene ring substituents is 1. The fourth-order valence-corrected chi connectivity index (χ4v) is 2.74. The third-order valence-electron chi connectivity index (χ3n) is 4.16. The van der Waals surface area contributed by atoms with Crippen molar-refractivity contribution in [2.24, 2.45) is 0 Å². The van der Waals surface area contributed by atoms with Gasteiger partial charge in [0, 0.05) is 29.9 Å². The number of amides is 2. The number of benzene rings is 2. The summed E-state index contributed by atoms with van der Waals surface area (Å²) in [6.07, 6.45) is 0.546. The van der Waals surface area contributed by atoms with Gasteiger partial charge in [-0.05, 0) is 31.0 Å². The molecule has 9 nitrogen and oxygen atoms in total. The standard InChI is InChI=1S/C20H21N3O6/c1-3-8-22(12-18(24)21-17-7-5-4-6-13(17)2)19(25)14-9-15(20(26)27)11-16(10-14)23(28)29/h4-7,9-11H,3,8,12H2,1-2H3,(H,21,24)(H,26,27). The zero-order valence-corrected chi connectivity index (χ0v) is 16.0. The number of rotatable bonds is 8. The van der Waals surface area contributed by atoms with Crippen LogP contribution in [0.4, 0.5) is 11.4 Å². The number of hydrogen-bond donors (Lipinski definition) is 2. The summed E-state index contributed by atoms with van der Waals surface area (Å²) in [5.74, 6) is -2.47. The number of para-hydroxylation sites is 1. The van der Waals surface area contributed by atoms with Crippen molar-refractivity contribution in [2.75, 3.05) is 18.4 Å². The van der Waals surface area contributed by atoms with Crippen LogP contribution in [0.3, 0.4) is 0 Å². The molecule has 0 aromatic heterocycles. The van der Waals surface area contributed by atoms with Gasteiger partial charge in [-0.1, -0.05) is 25.1 Å². The van der Waals surface area contributed by atoms with Gasteiger partial charge in [-0.25, -0.2) is 4.79 Å². The molecule has 0 unspecified atom stereocenters. The molecular formula is C20H21N3O6. The summed E-state index contributed by atoms with van der Waals surface area (Å²) in [5.41, 5.74) is 0.440. The molecule has 0 aliphatic heterocycles. The molecule has 9 heteroatoms. The normalized spacial score (nSPS) is 10.3. The Morgan fingerprint density at radius 2 is 1.79 bits per heavy atom. The van der Waals surface area contributed by atoms with Crippen LogP contribution in [-0.4, -0.2) is 45.8 Å². The van der Waals surface area contributed by atoms with Crippen molar-refractivity contribution in [3.8, 4) is 0 Å². The van der Waals surface area contributed by atoms with Gasteiger partial charge in [-0.3, -0.25) is 19.7 Å². The van der Waals surface area contributed by atoms with Crippen molar-refractivity contribution < 1.29 is 24.4 Å². The Balaban J connectivity index is 2.27. The van der Waals surface area contributed by atoms with E-state index in [1.165, 1.54) is 4.90 Å². The lowest BCUT2D eigenvalue weighted by molar-refractivity contribution is -0.384. The Morgan fingerprint density at radius 1 is 1.14 bits per heavy atom. The molecule has 0 heterocycles. The van der Waals surface area contributed by atoms with E-state index in [4.69, 9.17) is 5.11 Å². The lowest BCUT2D eigenvalue weighted by Gasteiger charge is -2.22. The number of carboxylic acids is 1. The first kappa shape index (κ1) is 21.5. The first-order chi connectivity index (χ1) is 13.7. The van der Waals surface area contributed by atoms with Crippen molar-refractivity contribution in [3.05, 3.63) is 69.3 Å². The molecule has 0 bridgehead atoms. The number of carbonyl (C=O) groups is 3. The largest absolute Gasteiger partial charge is 0.478 e. The molecule has 2 rings (SSSR count). The number of non-ortho nitro benzene ring substituents is 1. The Hall–Kier alpha value is -3.75. The summed E-state index contributed by atoms with van der Waals surface area (Å²) in [5, 5.41) is 23.0. The van der Waals surface area contributed by atoms with Crippen LogP contribution in [0.5, 0.6) is 0 Å². The van der Waals surface area contributed by atoms with Crippen molar-refractivity contribution in [2.45, 2.75) is 20.3 Å². The number of nitrogens with one attached hydrogen (secondary N) is 1. The molecule has 152 valence electrons. The molecule has 2 N–H and O–H groups in total. The highest BCUT2D eigenvalue weighted by Gasteiger charge is 2.23. The monoisotopic (exact) mass is 399 g/mol. The summed E-state index contributed by atoms with van der Waals surface area (Å²) in [6.45, 7) is 3.61. The molecule has 0 saturated carbocycles. The summed E-state index contributed by atoms with van der Waals surface area (Å²) >= 11 is 0. The molecule has 2 amide bonds. The maximum Gasteiger partial charge on any atom is 0.335 e. The minimum absolute atomic E-state index is 0.159. The van der Waals surface area contributed by atoms with Crippen LogP contribution in [0.25, 0.3) is 0 Å². The van der Waals surface area contributed by atoms with E-state index in [0.29, 0.717) is 12.1 Å². The maximum absolute atomic E-state index is 12.9. The van der Waals surface area contributed by atoms with E-state index >= 15 is 0 Å². The van der Waals surface area contributed by atoms with Gasteiger partial charge in [0.1, 0.15) is 6.54 Å². The highest BCUT2D eigenvalue weighted by Crippen LogP contribution is 2.19. The van der Waals surface area contributed by atoms with Crippen molar-refractivity contribution in [3.63, 3.8) is 0 Å². The molecule has 0 aliphatic carbocycles. The van der Waals surface area contributed by atoms with Crippen LogP contribution in [0.15, 0.2) is 42.5 Å². The predicted molar refractivity (Wildman–Crippen MR) is 106 cm³/mol. The lowest BCUT2D eigenvalue weighted by atomic mass is 10.1. The molecule has 0 fully saturated rings.